The topological polar surface area (TPSA) is 91.0 Å². The number of nitrogens with one attached hydrogen (secondary N) is 1. The van der Waals surface area contributed by atoms with Gasteiger partial charge in [0.1, 0.15) is 5.69 Å². The summed E-state index contributed by atoms with van der Waals surface area (Å²) in [6.45, 7) is 6.60. The first-order valence-electron chi connectivity index (χ1n) is 7.11. The molecule has 0 bridgehead atoms. The van der Waals surface area contributed by atoms with Crippen LogP contribution < -0.4 is 14.9 Å². The average Bonchev–Trinajstić information content (AvgIpc) is 2.47. The fourth-order valence-electron chi connectivity index (χ4n) is 2.73. The van der Waals surface area contributed by atoms with Crippen LogP contribution in [0.1, 0.15) is 23.7 Å². The average molecular weight is 293 g/mol. The van der Waals surface area contributed by atoms with Crippen LogP contribution in [0.2, 0.25) is 0 Å². The minimum Gasteiger partial charge on any atom is -0.545 e. The maximum Gasteiger partial charge on any atom is 0.293 e. The van der Waals surface area contributed by atoms with Crippen molar-refractivity contribution in [1.29, 1.82) is 0 Å². The van der Waals surface area contributed by atoms with Crippen LogP contribution in [-0.4, -0.2) is 43.6 Å². The molecule has 0 amide bonds. The number of nitro groups is 1. The highest BCUT2D eigenvalue weighted by Crippen LogP contribution is 2.29. The first-order valence-corrected chi connectivity index (χ1v) is 7.11. The second-order valence-corrected chi connectivity index (χ2v) is 5.24. The molecule has 114 valence electrons. The summed E-state index contributed by atoms with van der Waals surface area (Å²) in [5.74, 6) is -1.40. The number of piperazine rings is 1. The molecule has 21 heavy (non-hydrogen) atoms. The molecule has 1 fully saturated rings. The van der Waals surface area contributed by atoms with Crippen molar-refractivity contribution in [2.75, 3.05) is 37.6 Å². The Labute approximate surface area is 122 Å². The summed E-state index contributed by atoms with van der Waals surface area (Å²) in [5, 5.41) is 22.0. The second-order valence-electron chi connectivity index (χ2n) is 5.24. The summed E-state index contributed by atoms with van der Waals surface area (Å²) in [5.41, 5.74) is 0.150. The standard InChI is InChI=1S/C14H19N3O4/c1-2-5-15-6-8-16(9-7-15)12-4-3-11(14(18)19)10-13(12)17(20)21/h3-4,10H,2,5-9H2,1H3,(H,18,19). The lowest BCUT2D eigenvalue weighted by Gasteiger charge is -2.33. The number of carboxylic acid groups (broad SMARTS) is 1. The van der Waals surface area contributed by atoms with Gasteiger partial charge in [-0.2, -0.15) is 0 Å². The van der Waals surface area contributed by atoms with Crippen LogP contribution in [0.5, 0.6) is 0 Å². The molecule has 0 spiro atoms. The minimum atomic E-state index is -1.40. The van der Waals surface area contributed by atoms with Gasteiger partial charge in [-0.15, -0.1) is 0 Å². The third kappa shape index (κ3) is 3.49. The SMILES string of the molecule is CCC[NH+]1CCN(c2ccc(C(=O)[O-])cc2[N+](=O)[O-])CC1. The third-order valence-electron chi connectivity index (χ3n) is 3.82. The number of carbonyl (C=O) groups excluding carboxylic acids is 1. The van der Waals surface area contributed by atoms with Crippen LogP contribution in [-0.2, 0) is 0 Å². The van der Waals surface area contributed by atoms with Crippen LogP contribution in [0.3, 0.4) is 0 Å². The summed E-state index contributed by atoms with van der Waals surface area (Å²) in [7, 11) is 0. The van der Waals surface area contributed by atoms with Crippen LogP contribution in [0.25, 0.3) is 0 Å². The summed E-state index contributed by atoms with van der Waals surface area (Å²) >= 11 is 0. The summed E-state index contributed by atoms with van der Waals surface area (Å²) in [4.78, 5) is 24.9. The first kappa shape index (κ1) is 15.2. The molecule has 0 aromatic heterocycles. The van der Waals surface area contributed by atoms with E-state index in [9.17, 15) is 20.0 Å². The summed E-state index contributed by atoms with van der Waals surface area (Å²) in [6, 6.07) is 3.95. The lowest BCUT2D eigenvalue weighted by atomic mass is 10.1. The van der Waals surface area contributed by atoms with E-state index in [0.717, 1.165) is 45.2 Å². The van der Waals surface area contributed by atoms with Crippen LogP contribution >= 0.6 is 0 Å². The Bertz CT molecular complexity index is 539. The van der Waals surface area contributed by atoms with Crippen molar-refractivity contribution >= 4 is 17.3 Å². The van der Waals surface area contributed by atoms with Crippen molar-refractivity contribution in [3.8, 4) is 0 Å². The van der Waals surface area contributed by atoms with Crippen molar-refractivity contribution in [3.63, 3.8) is 0 Å². The fourth-order valence-corrected chi connectivity index (χ4v) is 2.73. The highest BCUT2D eigenvalue weighted by atomic mass is 16.6. The Morgan fingerprint density at radius 3 is 2.57 bits per heavy atom. The van der Waals surface area contributed by atoms with E-state index >= 15 is 0 Å². The molecule has 0 unspecified atom stereocenters. The predicted molar refractivity (Wildman–Crippen MR) is 75.5 cm³/mol. The lowest BCUT2D eigenvalue weighted by molar-refractivity contribution is -0.900. The quantitative estimate of drug-likeness (QED) is 0.559. The van der Waals surface area contributed by atoms with Gasteiger partial charge in [0, 0.05) is 11.6 Å². The van der Waals surface area contributed by atoms with Crippen molar-refractivity contribution < 1.29 is 19.7 Å². The molecule has 1 aromatic carbocycles. The van der Waals surface area contributed by atoms with E-state index in [0.29, 0.717) is 5.69 Å². The number of benzene rings is 1. The molecule has 0 radical (unpaired) electrons. The molecule has 0 atom stereocenters. The minimum absolute atomic E-state index is 0.166. The number of aromatic carboxylic acids is 1. The molecule has 1 aliphatic heterocycles. The number of quaternary nitrogens is 1. The number of nitro benzene ring substituents is 1. The van der Waals surface area contributed by atoms with E-state index in [1.165, 1.54) is 17.0 Å². The highest BCUT2D eigenvalue weighted by Gasteiger charge is 2.25. The molecule has 0 aliphatic carbocycles. The van der Waals surface area contributed by atoms with Gasteiger partial charge in [-0.1, -0.05) is 13.0 Å². The molecule has 1 aromatic rings. The van der Waals surface area contributed by atoms with Crippen molar-refractivity contribution in [2.24, 2.45) is 0 Å². The molecular formula is C14H19N3O4. The van der Waals surface area contributed by atoms with Crippen LogP contribution in [0.4, 0.5) is 11.4 Å². The van der Waals surface area contributed by atoms with Gasteiger partial charge in [0.05, 0.1) is 43.6 Å². The maximum atomic E-state index is 11.2. The molecule has 1 N–H and O–H groups in total. The van der Waals surface area contributed by atoms with Gasteiger partial charge in [0.25, 0.3) is 5.69 Å². The van der Waals surface area contributed by atoms with Gasteiger partial charge in [-0.3, -0.25) is 10.1 Å². The van der Waals surface area contributed by atoms with E-state index < -0.39 is 10.9 Å². The zero-order valence-corrected chi connectivity index (χ0v) is 12.0. The Kier molecular flexibility index (Phi) is 4.74. The number of anilines is 1. The Morgan fingerprint density at radius 2 is 2.05 bits per heavy atom. The monoisotopic (exact) mass is 293 g/mol. The predicted octanol–water partition coefficient (Wildman–Crippen LogP) is -0.927. The lowest BCUT2D eigenvalue weighted by Crippen LogP contribution is -3.14. The van der Waals surface area contributed by atoms with E-state index in [1.807, 2.05) is 4.90 Å². The van der Waals surface area contributed by atoms with E-state index in [1.54, 1.807) is 0 Å². The Balaban J connectivity index is 2.20. The fraction of sp³-hybridized carbons (Fsp3) is 0.500. The Hall–Kier alpha value is -2.15. The molecule has 0 saturated carbocycles. The molecule has 7 heteroatoms. The van der Waals surface area contributed by atoms with Crippen LogP contribution in [0.15, 0.2) is 18.2 Å². The number of rotatable bonds is 5. The van der Waals surface area contributed by atoms with Gasteiger partial charge in [0.2, 0.25) is 0 Å². The van der Waals surface area contributed by atoms with Gasteiger partial charge in [0.15, 0.2) is 0 Å². The van der Waals surface area contributed by atoms with E-state index in [4.69, 9.17) is 0 Å². The number of nitrogens with zero attached hydrogens (tertiary/aromatic N) is 2. The molecule has 1 heterocycles. The van der Waals surface area contributed by atoms with Gasteiger partial charge in [-0.05, 0) is 12.5 Å². The molecular weight excluding hydrogens is 274 g/mol. The molecule has 1 saturated heterocycles. The highest BCUT2D eigenvalue weighted by molar-refractivity contribution is 5.88. The molecule has 2 rings (SSSR count). The van der Waals surface area contributed by atoms with Gasteiger partial charge < -0.3 is 19.7 Å². The van der Waals surface area contributed by atoms with Gasteiger partial charge in [-0.25, -0.2) is 0 Å². The zero-order chi connectivity index (χ0) is 15.4. The largest absolute Gasteiger partial charge is 0.545 e. The number of carbonyl (C=O) groups is 1. The third-order valence-corrected chi connectivity index (χ3v) is 3.82. The molecule has 1 aliphatic rings. The van der Waals surface area contributed by atoms with Crippen molar-refractivity contribution in [3.05, 3.63) is 33.9 Å². The van der Waals surface area contributed by atoms with E-state index in [-0.39, 0.29) is 11.3 Å². The van der Waals surface area contributed by atoms with Crippen LogP contribution in [0, 0.1) is 10.1 Å². The zero-order valence-electron chi connectivity index (χ0n) is 12.0. The summed E-state index contributed by atoms with van der Waals surface area (Å²) in [6.07, 6.45) is 1.12. The summed E-state index contributed by atoms with van der Waals surface area (Å²) < 4.78 is 0. The first-order chi connectivity index (χ1) is 10.0. The van der Waals surface area contributed by atoms with Crippen molar-refractivity contribution in [1.82, 2.24) is 0 Å². The number of carboxylic acids is 1. The number of hydrogen-bond donors (Lipinski definition) is 1. The van der Waals surface area contributed by atoms with Crippen molar-refractivity contribution in [2.45, 2.75) is 13.3 Å². The van der Waals surface area contributed by atoms with Gasteiger partial charge >= 0.3 is 0 Å². The maximum absolute atomic E-state index is 11.2. The smallest absolute Gasteiger partial charge is 0.293 e. The normalized spacial score (nSPS) is 16.0. The molecule has 7 nitrogen and oxygen atoms in total. The second kappa shape index (κ2) is 6.53. The van der Waals surface area contributed by atoms with E-state index in [2.05, 4.69) is 6.92 Å². The number of hydrogen-bond acceptors (Lipinski definition) is 5. The Morgan fingerprint density at radius 1 is 1.38 bits per heavy atom.